The molecule has 9 heteroatoms. The second kappa shape index (κ2) is 8.13. The van der Waals surface area contributed by atoms with Gasteiger partial charge in [-0.3, -0.25) is 4.68 Å². The Morgan fingerprint density at radius 1 is 1.38 bits per heavy atom. The Balaban J connectivity index is 2.58. The third-order valence-corrected chi connectivity index (χ3v) is 3.73. The van der Waals surface area contributed by atoms with Gasteiger partial charge in [-0.15, -0.1) is 0 Å². The number of carbonyl (C=O) groups is 1. The van der Waals surface area contributed by atoms with Gasteiger partial charge in [0.15, 0.2) is 5.69 Å². The smallest absolute Gasteiger partial charge is 0.387 e. The molecule has 6 nitrogen and oxygen atoms in total. The molecule has 2 rings (SSSR count). The molecule has 0 saturated heterocycles. The Labute approximate surface area is 157 Å². The molecule has 0 aliphatic rings. The summed E-state index contributed by atoms with van der Waals surface area (Å²) in [7, 11) is 0. The number of nitrogens with zero attached hydrogens (tertiary/aromatic N) is 2. The number of aliphatic hydroxyl groups is 1. The lowest BCUT2D eigenvalue weighted by Crippen LogP contribution is -2.27. The number of benzene rings is 1. The van der Waals surface area contributed by atoms with E-state index in [1.54, 1.807) is 32.9 Å². The van der Waals surface area contributed by atoms with E-state index in [0.717, 1.165) is 0 Å². The summed E-state index contributed by atoms with van der Waals surface area (Å²) in [5.74, 6) is -0.724. The summed E-state index contributed by atoms with van der Waals surface area (Å²) < 4.78 is 37.0. The Hall–Kier alpha value is -2.00. The average molecular weight is 433 g/mol. The molecule has 26 heavy (non-hydrogen) atoms. The van der Waals surface area contributed by atoms with E-state index < -0.39 is 18.2 Å². The molecule has 1 heterocycles. The number of alkyl halides is 2. The summed E-state index contributed by atoms with van der Waals surface area (Å²) in [6, 6.07) is 6.03. The highest BCUT2D eigenvalue weighted by Gasteiger charge is 2.24. The van der Waals surface area contributed by atoms with Gasteiger partial charge in [-0.1, -0.05) is 15.9 Å². The molecule has 1 aromatic heterocycles. The minimum atomic E-state index is -3.02. The van der Waals surface area contributed by atoms with Crippen molar-refractivity contribution in [3.63, 3.8) is 0 Å². The summed E-state index contributed by atoms with van der Waals surface area (Å²) in [5.41, 5.74) is -0.484. The lowest BCUT2D eigenvalue weighted by atomic mass is 10.1. The van der Waals surface area contributed by atoms with Gasteiger partial charge in [-0.2, -0.15) is 13.9 Å². The van der Waals surface area contributed by atoms with Crippen LogP contribution in [0.15, 0.2) is 28.7 Å². The predicted molar refractivity (Wildman–Crippen MR) is 94.2 cm³/mol. The normalized spacial score (nSPS) is 11.7. The second-order valence-corrected chi connectivity index (χ2v) is 7.04. The molecule has 0 amide bonds. The zero-order valence-corrected chi connectivity index (χ0v) is 16.1. The van der Waals surface area contributed by atoms with Gasteiger partial charge in [0.05, 0.1) is 24.4 Å². The van der Waals surface area contributed by atoms with Crippen LogP contribution in [0.3, 0.4) is 0 Å². The minimum Gasteiger partial charge on any atom is -0.461 e. The van der Waals surface area contributed by atoms with Crippen LogP contribution in [-0.2, 0) is 11.3 Å². The van der Waals surface area contributed by atoms with Crippen molar-refractivity contribution in [3.8, 4) is 17.0 Å². The highest BCUT2D eigenvalue weighted by molar-refractivity contribution is 9.10. The Kier molecular flexibility index (Phi) is 6.35. The number of ether oxygens (including phenoxy) is 2. The highest BCUT2D eigenvalue weighted by atomic mass is 79.9. The third kappa shape index (κ3) is 5.25. The number of halogens is 3. The van der Waals surface area contributed by atoms with Gasteiger partial charge < -0.3 is 14.6 Å². The zero-order valence-electron chi connectivity index (χ0n) is 14.5. The van der Waals surface area contributed by atoms with Crippen molar-refractivity contribution in [2.24, 2.45) is 0 Å². The monoisotopic (exact) mass is 432 g/mol. The Morgan fingerprint density at radius 3 is 2.65 bits per heavy atom. The predicted octanol–water partition coefficient (Wildman–Crippen LogP) is 3.86. The third-order valence-electron chi connectivity index (χ3n) is 3.24. The molecule has 0 bridgehead atoms. The summed E-state index contributed by atoms with van der Waals surface area (Å²) in [4.78, 5) is 12.0. The zero-order chi connectivity index (χ0) is 19.5. The van der Waals surface area contributed by atoms with E-state index >= 15 is 0 Å². The molecule has 0 fully saturated rings. The van der Waals surface area contributed by atoms with E-state index in [4.69, 9.17) is 4.74 Å². The first-order valence-corrected chi connectivity index (χ1v) is 8.62. The summed E-state index contributed by atoms with van der Waals surface area (Å²) >= 11 is 3.21. The van der Waals surface area contributed by atoms with Crippen molar-refractivity contribution in [2.75, 3.05) is 6.61 Å². The van der Waals surface area contributed by atoms with Gasteiger partial charge in [0.2, 0.25) is 0 Å². The molecular weight excluding hydrogens is 414 g/mol. The van der Waals surface area contributed by atoms with Gasteiger partial charge in [-0.25, -0.2) is 4.79 Å². The summed E-state index contributed by atoms with van der Waals surface area (Å²) in [5, 5.41) is 14.3. The molecular formula is C17H19BrF2N2O4. The number of aromatic nitrogens is 2. The van der Waals surface area contributed by atoms with Crippen molar-refractivity contribution < 1.29 is 28.2 Å². The molecule has 1 aromatic carbocycles. The molecule has 142 valence electrons. The number of esters is 1. The molecule has 0 radical (unpaired) electrons. The standard InChI is InChI=1S/C17H19BrF2N2O4/c1-4-25-15(23)12-8-13(22(21-12)9-17(2,3)24)11-6-5-10(18)7-14(11)26-16(19)20/h5-8,16,24H,4,9H2,1-3H3. The average Bonchev–Trinajstić information content (AvgIpc) is 2.89. The van der Waals surface area contributed by atoms with Crippen molar-refractivity contribution in [3.05, 3.63) is 34.4 Å². The van der Waals surface area contributed by atoms with E-state index in [0.29, 0.717) is 15.7 Å². The Morgan fingerprint density at radius 2 is 2.08 bits per heavy atom. The fourth-order valence-corrected chi connectivity index (χ4v) is 2.67. The number of hydrogen-bond acceptors (Lipinski definition) is 5. The van der Waals surface area contributed by atoms with E-state index in [-0.39, 0.29) is 24.6 Å². The molecule has 0 saturated carbocycles. The number of hydrogen-bond donors (Lipinski definition) is 1. The van der Waals surface area contributed by atoms with E-state index in [1.165, 1.54) is 16.8 Å². The van der Waals surface area contributed by atoms with Crippen LogP contribution in [0.25, 0.3) is 11.3 Å². The molecule has 0 spiro atoms. The van der Waals surface area contributed by atoms with Crippen LogP contribution in [0.1, 0.15) is 31.3 Å². The lowest BCUT2D eigenvalue weighted by molar-refractivity contribution is -0.0495. The van der Waals surface area contributed by atoms with Gasteiger partial charge in [-0.05, 0) is 45.0 Å². The Bertz CT molecular complexity index is 788. The van der Waals surface area contributed by atoms with Gasteiger partial charge >= 0.3 is 12.6 Å². The summed E-state index contributed by atoms with van der Waals surface area (Å²) in [6.45, 7) is 1.99. The van der Waals surface area contributed by atoms with Crippen LogP contribution in [0.2, 0.25) is 0 Å². The van der Waals surface area contributed by atoms with Gasteiger partial charge in [0.1, 0.15) is 5.75 Å². The SMILES string of the molecule is CCOC(=O)c1cc(-c2ccc(Br)cc2OC(F)F)n(CC(C)(C)O)n1. The van der Waals surface area contributed by atoms with Crippen LogP contribution in [-0.4, -0.2) is 39.7 Å². The lowest BCUT2D eigenvalue weighted by Gasteiger charge is -2.19. The maximum Gasteiger partial charge on any atom is 0.387 e. The second-order valence-electron chi connectivity index (χ2n) is 6.12. The van der Waals surface area contributed by atoms with Gasteiger partial charge in [0.25, 0.3) is 0 Å². The fourth-order valence-electron chi connectivity index (χ4n) is 2.33. The van der Waals surface area contributed by atoms with Gasteiger partial charge in [0, 0.05) is 10.0 Å². The maximum atomic E-state index is 12.8. The molecule has 1 N–H and O–H groups in total. The van der Waals surface area contributed by atoms with E-state index in [9.17, 15) is 18.7 Å². The van der Waals surface area contributed by atoms with Crippen molar-refractivity contribution in [1.29, 1.82) is 0 Å². The molecule has 0 atom stereocenters. The van der Waals surface area contributed by atoms with Crippen molar-refractivity contribution >= 4 is 21.9 Å². The van der Waals surface area contributed by atoms with Crippen molar-refractivity contribution in [1.82, 2.24) is 9.78 Å². The molecule has 2 aromatic rings. The van der Waals surface area contributed by atoms with Crippen LogP contribution in [0.4, 0.5) is 8.78 Å². The largest absolute Gasteiger partial charge is 0.461 e. The highest BCUT2D eigenvalue weighted by Crippen LogP contribution is 2.34. The van der Waals surface area contributed by atoms with Crippen LogP contribution in [0, 0.1) is 0 Å². The van der Waals surface area contributed by atoms with Crippen LogP contribution in [0.5, 0.6) is 5.75 Å². The summed E-state index contributed by atoms with van der Waals surface area (Å²) in [6.07, 6.45) is 0. The van der Waals surface area contributed by atoms with Crippen molar-refractivity contribution in [2.45, 2.75) is 39.5 Å². The van der Waals surface area contributed by atoms with Crippen LogP contribution < -0.4 is 4.74 Å². The first-order valence-electron chi connectivity index (χ1n) is 7.83. The van der Waals surface area contributed by atoms with Crippen LogP contribution >= 0.6 is 15.9 Å². The van der Waals surface area contributed by atoms with E-state index in [2.05, 4.69) is 25.8 Å². The molecule has 0 aliphatic carbocycles. The number of rotatable bonds is 7. The maximum absolute atomic E-state index is 12.8. The molecule has 0 unspecified atom stereocenters. The quantitative estimate of drug-likeness (QED) is 0.672. The topological polar surface area (TPSA) is 73.6 Å². The number of carbonyl (C=O) groups excluding carboxylic acids is 1. The first kappa shape index (κ1) is 20.3. The molecule has 0 aliphatic heterocycles. The minimum absolute atomic E-state index is 0.0111. The first-order chi connectivity index (χ1) is 12.1. The van der Waals surface area contributed by atoms with E-state index in [1.807, 2.05) is 0 Å². The fraction of sp³-hybridized carbons (Fsp3) is 0.412.